The van der Waals surface area contributed by atoms with Crippen LogP contribution in [0.2, 0.25) is 0 Å². The standard InChI is InChI=1S/C24H31N3O4/c1-5-12-27(24(29)22-9-7-14-30-22)15-19-8-6-13-26(19)16-20-10-11-21(31-20)23(28)25-18(4)17(2)3/h6-11,13-14,17-18H,5,12,15-16H2,1-4H3,(H,25,28). The topological polar surface area (TPSA) is 80.6 Å². The monoisotopic (exact) mass is 425 g/mol. The number of nitrogens with zero attached hydrogens (tertiary/aromatic N) is 2. The molecule has 1 unspecified atom stereocenters. The van der Waals surface area contributed by atoms with Crippen molar-refractivity contribution in [1.29, 1.82) is 0 Å². The Morgan fingerprint density at radius 3 is 2.58 bits per heavy atom. The van der Waals surface area contributed by atoms with Crippen molar-refractivity contribution in [3.8, 4) is 0 Å². The van der Waals surface area contributed by atoms with E-state index in [2.05, 4.69) is 19.2 Å². The van der Waals surface area contributed by atoms with Crippen LogP contribution in [0.5, 0.6) is 0 Å². The van der Waals surface area contributed by atoms with E-state index in [-0.39, 0.29) is 17.9 Å². The molecule has 1 atom stereocenters. The fraction of sp³-hybridized carbons (Fsp3) is 0.417. The number of carbonyl (C=O) groups excluding carboxylic acids is 2. The van der Waals surface area contributed by atoms with Crippen molar-refractivity contribution in [3.63, 3.8) is 0 Å². The maximum absolute atomic E-state index is 12.8. The van der Waals surface area contributed by atoms with Gasteiger partial charge >= 0.3 is 0 Å². The van der Waals surface area contributed by atoms with E-state index in [1.54, 1.807) is 23.1 Å². The number of aromatic nitrogens is 1. The van der Waals surface area contributed by atoms with Crippen LogP contribution in [0.1, 0.15) is 66.7 Å². The highest BCUT2D eigenvalue weighted by Gasteiger charge is 2.20. The van der Waals surface area contributed by atoms with E-state index in [1.807, 2.05) is 42.8 Å². The summed E-state index contributed by atoms with van der Waals surface area (Å²) in [7, 11) is 0. The Hall–Kier alpha value is -3.22. The first-order valence-corrected chi connectivity index (χ1v) is 10.8. The molecule has 0 radical (unpaired) electrons. The third-order valence-electron chi connectivity index (χ3n) is 5.36. The summed E-state index contributed by atoms with van der Waals surface area (Å²) in [6.07, 6.45) is 4.30. The highest BCUT2D eigenvalue weighted by molar-refractivity contribution is 5.92. The van der Waals surface area contributed by atoms with Crippen molar-refractivity contribution in [2.24, 2.45) is 5.92 Å². The van der Waals surface area contributed by atoms with Gasteiger partial charge in [-0.2, -0.15) is 0 Å². The maximum Gasteiger partial charge on any atom is 0.289 e. The molecule has 0 saturated carbocycles. The highest BCUT2D eigenvalue weighted by atomic mass is 16.4. The number of hydrogen-bond acceptors (Lipinski definition) is 4. The van der Waals surface area contributed by atoms with Gasteiger partial charge in [-0.05, 0) is 55.7 Å². The first-order valence-electron chi connectivity index (χ1n) is 10.8. The summed E-state index contributed by atoms with van der Waals surface area (Å²) in [5, 5.41) is 2.95. The molecule has 3 rings (SSSR count). The quantitative estimate of drug-likeness (QED) is 0.517. The second-order valence-electron chi connectivity index (χ2n) is 8.10. The molecule has 7 nitrogen and oxygen atoms in total. The van der Waals surface area contributed by atoms with Gasteiger partial charge in [0.1, 0.15) is 5.76 Å². The third kappa shape index (κ3) is 5.69. The molecule has 0 saturated heterocycles. The smallest absolute Gasteiger partial charge is 0.289 e. The normalized spacial score (nSPS) is 12.2. The number of carbonyl (C=O) groups is 2. The second kappa shape index (κ2) is 10.2. The lowest BCUT2D eigenvalue weighted by Crippen LogP contribution is -2.35. The zero-order chi connectivity index (χ0) is 22.4. The van der Waals surface area contributed by atoms with Crippen molar-refractivity contribution in [2.45, 2.75) is 53.2 Å². The number of amides is 2. The maximum atomic E-state index is 12.8. The fourth-order valence-electron chi connectivity index (χ4n) is 3.22. The molecule has 3 aromatic heterocycles. The molecule has 3 aromatic rings. The molecule has 0 aliphatic carbocycles. The zero-order valence-electron chi connectivity index (χ0n) is 18.6. The van der Waals surface area contributed by atoms with Gasteiger partial charge in [-0.25, -0.2) is 0 Å². The number of furan rings is 2. The molecule has 0 aliphatic rings. The van der Waals surface area contributed by atoms with E-state index in [4.69, 9.17) is 8.83 Å². The van der Waals surface area contributed by atoms with Gasteiger partial charge in [-0.1, -0.05) is 20.8 Å². The van der Waals surface area contributed by atoms with E-state index in [0.29, 0.717) is 42.8 Å². The number of hydrogen-bond donors (Lipinski definition) is 1. The summed E-state index contributed by atoms with van der Waals surface area (Å²) >= 11 is 0. The zero-order valence-corrected chi connectivity index (χ0v) is 18.6. The highest BCUT2D eigenvalue weighted by Crippen LogP contribution is 2.16. The van der Waals surface area contributed by atoms with Gasteiger partial charge in [0.05, 0.1) is 19.4 Å². The molecule has 0 fully saturated rings. The Labute approximate surface area is 183 Å². The lowest BCUT2D eigenvalue weighted by Gasteiger charge is -2.22. The molecular formula is C24H31N3O4. The van der Waals surface area contributed by atoms with Crippen LogP contribution in [0.25, 0.3) is 0 Å². The summed E-state index contributed by atoms with van der Waals surface area (Å²) in [6, 6.07) is 10.9. The largest absolute Gasteiger partial charge is 0.459 e. The molecule has 0 spiro atoms. The second-order valence-corrected chi connectivity index (χ2v) is 8.10. The minimum atomic E-state index is -0.210. The molecule has 0 bridgehead atoms. The summed E-state index contributed by atoms with van der Waals surface area (Å²) < 4.78 is 13.1. The van der Waals surface area contributed by atoms with Crippen LogP contribution in [-0.4, -0.2) is 33.9 Å². The summed E-state index contributed by atoms with van der Waals surface area (Å²) in [4.78, 5) is 26.9. The van der Waals surface area contributed by atoms with Gasteiger partial charge in [-0.15, -0.1) is 0 Å². The minimum absolute atomic E-state index is 0.0633. The summed E-state index contributed by atoms with van der Waals surface area (Å²) in [6.45, 7) is 9.70. The molecule has 3 heterocycles. The van der Waals surface area contributed by atoms with E-state index in [0.717, 1.165) is 12.1 Å². The Bertz CT molecular complexity index is 984. The van der Waals surface area contributed by atoms with Gasteiger partial charge in [0.25, 0.3) is 11.8 Å². The van der Waals surface area contributed by atoms with Crippen LogP contribution in [0, 0.1) is 5.92 Å². The van der Waals surface area contributed by atoms with Crippen molar-refractivity contribution >= 4 is 11.8 Å². The minimum Gasteiger partial charge on any atom is -0.459 e. The van der Waals surface area contributed by atoms with Crippen molar-refractivity contribution < 1.29 is 18.4 Å². The predicted octanol–water partition coefficient (Wildman–Crippen LogP) is 4.55. The summed E-state index contributed by atoms with van der Waals surface area (Å²) in [5.41, 5.74) is 0.976. The number of rotatable bonds is 10. The molecule has 1 N–H and O–H groups in total. The van der Waals surface area contributed by atoms with E-state index < -0.39 is 0 Å². The molecular weight excluding hydrogens is 394 g/mol. The van der Waals surface area contributed by atoms with Crippen molar-refractivity contribution in [3.05, 3.63) is 71.8 Å². The number of nitrogens with one attached hydrogen (secondary N) is 1. The molecule has 31 heavy (non-hydrogen) atoms. The fourth-order valence-corrected chi connectivity index (χ4v) is 3.22. The predicted molar refractivity (Wildman–Crippen MR) is 118 cm³/mol. The Morgan fingerprint density at radius 1 is 1.10 bits per heavy atom. The third-order valence-corrected chi connectivity index (χ3v) is 5.36. The van der Waals surface area contributed by atoms with Crippen LogP contribution < -0.4 is 5.32 Å². The Kier molecular flexibility index (Phi) is 7.39. The first kappa shape index (κ1) is 22.5. The van der Waals surface area contributed by atoms with Gasteiger partial charge in [0, 0.05) is 24.5 Å². The van der Waals surface area contributed by atoms with E-state index in [1.165, 1.54) is 6.26 Å². The van der Waals surface area contributed by atoms with Crippen molar-refractivity contribution in [1.82, 2.24) is 14.8 Å². The van der Waals surface area contributed by atoms with Crippen LogP contribution in [0.3, 0.4) is 0 Å². The average molecular weight is 426 g/mol. The van der Waals surface area contributed by atoms with Gasteiger partial charge in [0.2, 0.25) is 0 Å². The van der Waals surface area contributed by atoms with Gasteiger partial charge in [0.15, 0.2) is 11.5 Å². The molecule has 7 heteroatoms. The van der Waals surface area contributed by atoms with Crippen LogP contribution in [0.15, 0.2) is 57.7 Å². The molecule has 0 aliphatic heterocycles. The SMILES string of the molecule is CCCN(Cc1cccn1Cc1ccc(C(=O)NC(C)C(C)C)o1)C(=O)c1ccco1. The Morgan fingerprint density at radius 2 is 1.90 bits per heavy atom. The summed E-state index contributed by atoms with van der Waals surface area (Å²) in [5.74, 6) is 1.32. The molecule has 2 amide bonds. The molecule has 166 valence electrons. The Balaban J connectivity index is 1.68. The van der Waals surface area contributed by atoms with E-state index in [9.17, 15) is 9.59 Å². The van der Waals surface area contributed by atoms with Crippen molar-refractivity contribution in [2.75, 3.05) is 6.54 Å². The van der Waals surface area contributed by atoms with Crippen LogP contribution in [-0.2, 0) is 13.1 Å². The van der Waals surface area contributed by atoms with E-state index >= 15 is 0 Å². The lowest BCUT2D eigenvalue weighted by molar-refractivity contribution is 0.0707. The van der Waals surface area contributed by atoms with Crippen LogP contribution >= 0.6 is 0 Å². The lowest BCUT2D eigenvalue weighted by atomic mass is 10.1. The van der Waals surface area contributed by atoms with Gasteiger partial charge < -0.3 is 23.6 Å². The van der Waals surface area contributed by atoms with Gasteiger partial charge in [-0.3, -0.25) is 9.59 Å². The average Bonchev–Trinajstić information content (AvgIpc) is 3.50. The molecule has 0 aromatic carbocycles. The first-order chi connectivity index (χ1) is 14.9. The van der Waals surface area contributed by atoms with Crippen LogP contribution in [0.4, 0.5) is 0 Å².